The van der Waals surface area contributed by atoms with Crippen molar-refractivity contribution in [2.45, 2.75) is 11.4 Å². The van der Waals surface area contributed by atoms with Gasteiger partial charge in [-0.25, -0.2) is 23.1 Å². The molecule has 0 bridgehead atoms. The Morgan fingerprint density at radius 3 is 2.46 bits per heavy atom. The van der Waals surface area contributed by atoms with Gasteiger partial charge in [0.2, 0.25) is 11.9 Å². The lowest BCUT2D eigenvalue weighted by atomic mass is 10.3. The molecule has 9 nitrogen and oxygen atoms in total. The maximum atomic E-state index is 12.3. The summed E-state index contributed by atoms with van der Waals surface area (Å²) in [5.41, 5.74) is 0.469. The van der Waals surface area contributed by atoms with Gasteiger partial charge in [0, 0.05) is 24.3 Å². The zero-order valence-corrected chi connectivity index (χ0v) is 15.6. The van der Waals surface area contributed by atoms with E-state index in [0.29, 0.717) is 5.69 Å². The minimum atomic E-state index is -3.81. The quantitative estimate of drug-likeness (QED) is 0.608. The van der Waals surface area contributed by atoms with Gasteiger partial charge in [-0.1, -0.05) is 0 Å². The fourth-order valence-corrected chi connectivity index (χ4v) is 3.31. The zero-order chi connectivity index (χ0) is 18.6. The van der Waals surface area contributed by atoms with Gasteiger partial charge in [-0.05, 0) is 46.3 Å². The first-order chi connectivity index (χ1) is 12.4. The molecule has 2 N–H and O–H groups in total. The molecule has 3 aromatic rings. The number of benzene rings is 1. The highest BCUT2D eigenvalue weighted by Gasteiger charge is 2.15. The molecule has 0 saturated carbocycles. The van der Waals surface area contributed by atoms with Crippen LogP contribution in [0.3, 0.4) is 0 Å². The van der Waals surface area contributed by atoms with Gasteiger partial charge in [0.05, 0.1) is 15.6 Å². The number of rotatable bonds is 6. The fourth-order valence-electron chi connectivity index (χ4n) is 2.02. The molecular formula is C15H13BrN6O3S. The Balaban J connectivity index is 1.65. The van der Waals surface area contributed by atoms with Gasteiger partial charge in [-0.15, -0.1) is 0 Å². The van der Waals surface area contributed by atoms with Gasteiger partial charge >= 0.3 is 0 Å². The van der Waals surface area contributed by atoms with E-state index in [-0.39, 0.29) is 23.3 Å². The van der Waals surface area contributed by atoms with E-state index in [1.165, 1.54) is 41.3 Å². The van der Waals surface area contributed by atoms with E-state index in [1.54, 1.807) is 18.5 Å². The summed E-state index contributed by atoms with van der Waals surface area (Å²) in [7, 11) is -3.81. The Kier molecular flexibility index (Phi) is 5.28. The van der Waals surface area contributed by atoms with Gasteiger partial charge in [-0.3, -0.25) is 9.48 Å². The first-order valence-electron chi connectivity index (χ1n) is 7.30. The minimum Gasteiger partial charge on any atom is -0.324 e. The van der Waals surface area contributed by atoms with Crippen molar-refractivity contribution in [2.24, 2.45) is 0 Å². The lowest BCUT2D eigenvalue weighted by Gasteiger charge is -2.08. The van der Waals surface area contributed by atoms with Gasteiger partial charge in [0.25, 0.3) is 10.0 Å². The van der Waals surface area contributed by atoms with E-state index >= 15 is 0 Å². The molecule has 0 atom stereocenters. The van der Waals surface area contributed by atoms with Crippen LogP contribution in [0.15, 0.2) is 64.5 Å². The van der Waals surface area contributed by atoms with E-state index < -0.39 is 10.0 Å². The molecule has 134 valence electrons. The predicted octanol–water partition coefficient (Wildman–Crippen LogP) is 1.88. The second-order valence-corrected chi connectivity index (χ2v) is 7.70. The van der Waals surface area contributed by atoms with Gasteiger partial charge < -0.3 is 5.32 Å². The van der Waals surface area contributed by atoms with Crippen molar-refractivity contribution < 1.29 is 13.2 Å². The first kappa shape index (κ1) is 18.0. The predicted molar refractivity (Wildman–Crippen MR) is 97.8 cm³/mol. The Bertz CT molecular complexity index is 1010. The van der Waals surface area contributed by atoms with Crippen LogP contribution in [0.25, 0.3) is 0 Å². The lowest BCUT2D eigenvalue weighted by Crippen LogP contribution is -2.19. The van der Waals surface area contributed by atoms with E-state index in [9.17, 15) is 13.2 Å². The van der Waals surface area contributed by atoms with Gasteiger partial charge in [0.1, 0.15) is 6.54 Å². The molecule has 0 unspecified atom stereocenters. The average Bonchev–Trinajstić information content (AvgIpc) is 3.00. The molecule has 2 aromatic heterocycles. The summed E-state index contributed by atoms with van der Waals surface area (Å²) in [6.45, 7) is 0.0402. The highest BCUT2D eigenvalue weighted by molar-refractivity contribution is 9.10. The lowest BCUT2D eigenvalue weighted by molar-refractivity contribution is -0.116. The number of hydrogen-bond donors (Lipinski definition) is 2. The molecule has 2 heterocycles. The Labute approximate surface area is 157 Å². The number of nitrogens with zero attached hydrogens (tertiary/aromatic N) is 4. The van der Waals surface area contributed by atoms with Crippen LogP contribution in [0.1, 0.15) is 0 Å². The van der Waals surface area contributed by atoms with Crippen LogP contribution >= 0.6 is 15.9 Å². The van der Waals surface area contributed by atoms with Gasteiger partial charge in [0.15, 0.2) is 0 Å². The Morgan fingerprint density at radius 2 is 1.85 bits per heavy atom. The fraction of sp³-hybridized carbons (Fsp3) is 0.0667. The van der Waals surface area contributed by atoms with E-state index in [1.807, 2.05) is 0 Å². The van der Waals surface area contributed by atoms with Crippen molar-refractivity contribution in [3.63, 3.8) is 0 Å². The number of halogens is 1. The van der Waals surface area contributed by atoms with Crippen LogP contribution in [-0.4, -0.2) is 34.1 Å². The summed E-state index contributed by atoms with van der Waals surface area (Å²) in [6, 6.07) is 7.34. The molecule has 1 aromatic carbocycles. The van der Waals surface area contributed by atoms with Crippen molar-refractivity contribution in [3.8, 4) is 0 Å². The molecule has 0 aliphatic rings. The van der Waals surface area contributed by atoms with Crippen molar-refractivity contribution in [1.82, 2.24) is 19.7 Å². The van der Waals surface area contributed by atoms with Gasteiger partial charge in [-0.2, -0.15) is 5.10 Å². The third-order valence-corrected chi connectivity index (χ3v) is 4.90. The van der Waals surface area contributed by atoms with E-state index in [2.05, 4.69) is 41.0 Å². The number of carbonyl (C=O) groups is 1. The highest BCUT2D eigenvalue weighted by atomic mass is 79.9. The second kappa shape index (κ2) is 7.62. The molecule has 3 rings (SSSR count). The van der Waals surface area contributed by atoms with Crippen molar-refractivity contribution in [2.75, 3.05) is 10.0 Å². The molecule has 11 heteroatoms. The van der Waals surface area contributed by atoms with Crippen LogP contribution < -0.4 is 10.0 Å². The van der Waals surface area contributed by atoms with E-state index in [4.69, 9.17) is 0 Å². The second-order valence-electron chi connectivity index (χ2n) is 5.11. The standard InChI is InChI=1S/C15H13BrN6O3S/c16-11-8-19-22(9-11)10-14(23)20-12-2-4-13(5-3-12)26(24,25)21-15-17-6-1-7-18-15/h1-9H,10H2,(H,20,23)(H,17,18,21). The molecule has 26 heavy (non-hydrogen) atoms. The normalized spacial score (nSPS) is 11.1. The number of anilines is 2. The molecule has 0 spiro atoms. The van der Waals surface area contributed by atoms with E-state index in [0.717, 1.165) is 4.47 Å². The summed E-state index contributed by atoms with van der Waals surface area (Å²) in [4.78, 5) is 19.6. The molecule has 1 amide bonds. The Hall–Kier alpha value is -2.79. The number of amides is 1. The summed E-state index contributed by atoms with van der Waals surface area (Å²) in [5, 5.41) is 6.67. The average molecular weight is 437 g/mol. The minimum absolute atomic E-state index is 0.0183. The third kappa shape index (κ3) is 4.64. The summed E-state index contributed by atoms with van der Waals surface area (Å²) in [5.74, 6) is -0.303. The summed E-state index contributed by atoms with van der Waals surface area (Å²) < 4.78 is 29.1. The van der Waals surface area contributed by atoms with Crippen LogP contribution in [0.4, 0.5) is 11.6 Å². The largest absolute Gasteiger partial charge is 0.324 e. The number of nitrogens with one attached hydrogen (secondary N) is 2. The highest BCUT2D eigenvalue weighted by Crippen LogP contribution is 2.16. The third-order valence-electron chi connectivity index (χ3n) is 3.15. The van der Waals surface area contributed by atoms with Crippen LogP contribution in [0.5, 0.6) is 0 Å². The van der Waals surface area contributed by atoms with Crippen molar-refractivity contribution in [3.05, 3.63) is 59.6 Å². The van der Waals surface area contributed by atoms with Crippen LogP contribution in [0.2, 0.25) is 0 Å². The summed E-state index contributed by atoms with van der Waals surface area (Å²) >= 11 is 3.25. The van der Waals surface area contributed by atoms with Crippen LogP contribution in [0, 0.1) is 0 Å². The number of sulfonamides is 1. The maximum Gasteiger partial charge on any atom is 0.264 e. The SMILES string of the molecule is O=C(Cn1cc(Br)cn1)Nc1ccc(S(=O)(=O)Nc2ncccn2)cc1. The maximum absolute atomic E-state index is 12.3. The smallest absolute Gasteiger partial charge is 0.264 e. The summed E-state index contributed by atoms with van der Waals surface area (Å²) in [6.07, 6.45) is 6.12. The first-order valence-corrected chi connectivity index (χ1v) is 9.58. The molecule has 0 fully saturated rings. The topological polar surface area (TPSA) is 119 Å². The zero-order valence-electron chi connectivity index (χ0n) is 13.2. The molecular weight excluding hydrogens is 424 g/mol. The molecule has 0 aliphatic heterocycles. The number of carbonyl (C=O) groups excluding carboxylic acids is 1. The molecule has 0 saturated heterocycles. The Morgan fingerprint density at radius 1 is 1.15 bits per heavy atom. The number of aromatic nitrogens is 4. The molecule has 0 radical (unpaired) electrons. The molecule has 0 aliphatic carbocycles. The number of hydrogen-bond acceptors (Lipinski definition) is 6. The van der Waals surface area contributed by atoms with Crippen LogP contribution in [-0.2, 0) is 21.4 Å². The monoisotopic (exact) mass is 436 g/mol. The van der Waals surface area contributed by atoms with Crippen molar-refractivity contribution >= 4 is 43.5 Å². The van der Waals surface area contributed by atoms with Crippen molar-refractivity contribution in [1.29, 1.82) is 0 Å².